The predicted molar refractivity (Wildman–Crippen MR) is 205 cm³/mol. The third-order valence-corrected chi connectivity index (χ3v) is 14.3. The number of carbonyl (C=O) groups is 1. The Bertz CT molecular complexity index is 2600. The lowest BCUT2D eigenvalue weighted by atomic mass is 10.1. The molecule has 5 aromatic rings. The van der Waals surface area contributed by atoms with Gasteiger partial charge in [0.15, 0.2) is 36.3 Å². The number of imidazole rings is 1. The number of ether oxygens (including phenoxy) is 2. The number of H-pyrrole nitrogens is 1. The van der Waals surface area contributed by atoms with Crippen LogP contribution in [0.15, 0.2) is 83.0 Å². The Morgan fingerprint density at radius 2 is 1.62 bits per heavy atom. The first-order valence-electron chi connectivity index (χ1n) is 17.9. The number of nitrogen functional groups attached to an aromatic ring is 1. The van der Waals surface area contributed by atoms with Crippen molar-refractivity contribution in [2.45, 2.75) is 61.5 Å². The highest BCUT2D eigenvalue weighted by Gasteiger charge is 2.55. The number of phenols is 1. The van der Waals surface area contributed by atoms with Gasteiger partial charge in [0.25, 0.3) is 11.5 Å². The van der Waals surface area contributed by atoms with Crippen molar-refractivity contribution >= 4 is 48.9 Å². The summed E-state index contributed by atoms with van der Waals surface area (Å²) in [4.78, 5) is 62.0. The molecule has 2 bridgehead atoms. The molecule has 6 N–H and O–H groups in total. The molecule has 0 aliphatic carbocycles. The number of aromatic nitrogens is 6. The third kappa shape index (κ3) is 8.79. The van der Waals surface area contributed by atoms with Gasteiger partial charge in [-0.25, -0.2) is 37.7 Å². The summed E-state index contributed by atoms with van der Waals surface area (Å²) >= 11 is 0.593. The molecule has 6 heterocycles. The maximum atomic E-state index is 16.4. The van der Waals surface area contributed by atoms with Crippen molar-refractivity contribution in [2.75, 3.05) is 18.9 Å². The Morgan fingerprint density at radius 1 is 0.900 bits per heavy atom. The third-order valence-electron chi connectivity index (χ3n) is 9.62. The molecule has 3 aliphatic heterocycles. The van der Waals surface area contributed by atoms with Crippen molar-refractivity contribution in [1.82, 2.24) is 34.4 Å². The molecule has 60 heavy (non-hydrogen) atoms. The van der Waals surface area contributed by atoms with E-state index >= 15 is 8.78 Å². The zero-order valence-electron chi connectivity index (χ0n) is 30.6. The first-order valence-corrected chi connectivity index (χ1v) is 22.5. The van der Waals surface area contributed by atoms with E-state index in [4.69, 9.17) is 33.3 Å². The number of aromatic hydroxyl groups is 1. The van der Waals surface area contributed by atoms with Gasteiger partial charge < -0.3 is 30.5 Å². The lowest BCUT2D eigenvalue weighted by Gasteiger charge is -2.27. The van der Waals surface area contributed by atoms with Crippen LogP contribution in [-0.2, 0) is 49.0 Å². The SMILES string of the molecule is Nc1ncnc2c1ncn2[C@@H]1O[C@@H]2COP(=O)(SCc3ccc(CNC(=O)c4ccc(O)cc4)cc3)O[C@@H]3[C@H](F)[C@@H](COP(=O)(O)O[C@H]2[C@H]1F)O[C@H]3n1ccc(=O)[nH]c1=O. The van der Waals surface area contributed by atoms with Gasteiger partial charge in [0.2, 0.25) is 0 Å². The quantitative estimate of drug-likeness (QED) is 0.140. The number of hydrogen-bond donors (Lipinski definition) is 5. The Labute approximate surface area is 340 Å². The molecule has 3 saturated heterocycles. The van der Waals surface area contributed by atoms with Crippen LogP contribution >= 0.6 is 26.0 Å². The zero-order chi connectivity index (χ0) is 42.3. The number of phosphoric acid groups is 1. The van der Waals surface area contributed by atoms with Crippen LogP contribution in [-0.4, -0.2) is 95.0 Å². The van der Waals surface area contributed by atoms with E-state index in [-0.39, 0.29) is 40.9 Å². The molecule has 8 rings (SSSR count). The summed E-state index contributed by atoms with van der Waals surface area (Å²) in [5.41, 5.74) is 5.83. The number of nitrogens with two attached hydrogens (primary N) is 1. The number of nitrogens with one attached hydrogen (secondary N) is 2. The topological polar surface area (TPSA) is 284 Å². The minimum Gasteiger partial charge on any atom is -0.508 e. The minimum atomic E-state index is -5.26. The van der Waals surface area contributed by atoms with E-state index in [1.54, 1.807) is 24.3 Å². The highest BCUT2D eigenvalue weighted by Crippen LogP contribution is 2.65. The van der Waals surface area contributed by atoms with Gasteiger partial charge in [-0.15, -0.1) is 0 Å². The number of benzene rings is 2. The molecule has 3 fully saturated rings. The van der Waals surface area contributed by atoms with Crippen LogP contribution in [0, 0.1) is 0 Å². The first-order chi connectivity index (χ1) is 28.7. The highest BCUT2D eigenvalue weighted by molar-refractivity contribution is 8.54. The molecule has 1 amide bonds. The van der Waals surface area contributed by atoms with Gasteiger partial charge in [-0.3, -0.25) is 41.8 Å². The smallest absolute Gasteiger partial charge is 0.472 e. The highest BCUT2D eigenvalue weighted by atomic mass is 32.7. The number of rotatable bonds is 8. The second-order valence-corrected chi connectivity index (χ2v) is 19.0. The average molecular weight is 895 g/mol. The molecule has 10 atom stereocenters. The normalized spacial score (nSPS) is 30.9. The summed E-state index contributed by atoms with van der Waals surface area (Å²) in [5.74, 6) is -0.469. The van der Waals surface area contributed by atoms with E-state index in [2.05, 4.69) is 20.3 Å². The largest absolute Gasteiger partial charge is 0.508 e. The number of fused-ring (bicyclic) bond motifs is 4. The van der Waals surface area contributed by atoms with Crippen LogP contribution < -0.4 is 22.3 Å². The van der Waals surface area contributed by atoms with Crippen molar-refractivity contribution in [3.8, 4) is 5.75 Å². The number of halogens is 2. The van der Waals surface area contributed by atoms with Crippen molar-refractivity contribution < 1.29 is 60.3 Å². The number of aromatic amines is 1. The standard InChI is InChI=1S/C34H34F2N8O13P2S/c35-24-21-12-52-58(49,50)56-27-22(55-32(25(27)36)44-16-41-26-29(37)39-15-40-30(26)44)13-53-59(51,57-28(24)33(54-21)43-10-9-23(46)42-34(43)48)60-14-18-3-1-17(2-4-18)11-38-31(47)19-5-7-20(45)8-6-19/h1-10,15-16,21-22,24-25,27-28,32-33,45H,11-14H2,(H,38,47)(H,49,50)(H2,37,39,40)(H,42,46,48)/t21-,22-,24-,25-,27-,28-,32-,33-,59?/m1/s1. The van der Waals surface area contributed by atoms with E-state index in [0.717, 1.165) is 34.1 Å². The molecule has 21 nitrogen and oxygen atoms in total. The summed E-state index contributed by atoms with van der Waals surface area (Å²) in [5, 5.41) is 12.3. The van der Waals surface area contributed by atoms with Gasteiger partial charge in [-0.2, -0.15) is 0 Å². The van der Waals surface area contributed by atoms with Gasteiger partial charge in [-0.1, -0.05) is 24.3 Å². The summed E-state index contributed by atoms with van der Waals surface area (Å²) < 4.78 is 96.5. The van der Waals surface area contributed by atoms with Gasteiger partial charge in [0.05, 0.1) is 19.5 Å². The molecule has 0 spiro atoms. The molecular weight excluding hydrogens is 860 g/mol. The van der Waals surface area contributed by atoms with E-state index < -0.39 is 88.3 Å². The van der Waals surface area contributed by atoms with Crippen molar-refractivity contribution in [2.24, 2.45) is 0 Å². The first kappa shape index (κ1) is 41.8. The summed E-state index contributed by atoms with van der Waals surface area (Å²) in [6, 6.07) is 13.4. The molecule has 2 unspecified atom stereocenters. The van der Waals surface area contributed by atoms with E-state index in [1.165, 1.54) is 24.3 Å². The molecule has 0 saturated carbocycles. The second kappa shape index (κ2) is 16.9. The number of carbonyl (C=O) groups excluding carboxylic acids is 1. The number of phenolic OH excluding ortho intramolecular Hbond substituents is 1. The maximum absolute atomic E-state index is 16.4. The second-order valence-electron chi connectivity index (χ2n) is 13.6. The van der Waals surface area contributed by atoms with Gasteiger partial charge in [0.1, 0.15) is 42.0 Å². The van der Waals surface area contributed by atoms with Crippen LogP contribution in [0.2, 0.25) is 0 Å². The van der Waals surface area contributed by atoms with Crippen LogP contribution in [0.25, 0.3) is 11.2 Å². The van der Waals surface area contributed by atoms with E-state index in [9.17, 15) is 33.5 Å². The van der Waals surface area contributed by atoms with Crippen LogP contribution in [0.3, 0.4) is 0 Å². The molecule has 3 aliphatic rings. The maximum Gasteiger partial charge on any atom is 0.472 e. The minimum absolute atomic E-state index is 0.0147. The Kier molecular flexibility index (Phi) is 11.8. The van der Waals surface area contributed by atoms with Crippen LogP contribution in [0.1, 0.15) is 33.9 Å². The van der Waals surface area contributed by atoms with Crippen LogP contribution in [0.4, 0.5) is 14.6 Å². The van der Waals surface area contributed by atoms with Crippen LogP contribution in [0.5, 0.6) is 5.75 Å². The van der Waals surface area contributed by atoms with Crippen molar-refractivity contribution in [3.63, 3.8) is 0 Å². The monoisotopic (exact) mass is 894 g/mol. The number of nitrogens with zero attached hydrogens (tertiary/aromatic N) is 5. The van der Waals surface area contributed by atoms with Gasteiger partial charge in [0, 0.05) is 30.1 Å². The van der Waals surface area contributed by atoms with E-state index in [1.807, 2.05) is 4.98 Å². The molecule has 0 radical (unpaired) electrons. The van der Waals surface area contributed by atoms with E-state index in [0.29, 0.717) is 28.1 Å². The average Bonchev–Trinajstić information content (AvgIpc) is 3.88. The fourth-order valence-electron chi connectivity index (χ4n) is 6.60. The summed E-state index contributed by atoms with van der Waals surface area (Å²) in [6.07, 6.45) is -11.8. The fraction of sp³-hybridized carbons (Fsp3) is 0.353. The Balaban J connectivity index is 1.07. The molecule has 2 aromatic carbocycles. The Hall–Kier alpha value is -4.87. The number of anilines is 1. The predicted octanol–water partition coefficient (Wildman–Crippen LogP) is 3.02. The number of phosphoric ester groups is 1. The van der Waals surface area contributed by atoms with Gasteiger partial charge in [-0.05, 0) is 46.8 Å². The van der Waals surface area contributed by atoms with Crippen molar-refractivity contribution in [1.29, 1.82) is 0 Å². The van der Waals surface area contributed by atoms with Crippen molar-refractivity contribution in [3.05, 3.63) is 111 Å². The molecule has 26 heteroatoms. The summed E-state index contributed by atoms with van der Waals surface area (Å²) in [6.45, 7) is -6.34. The molecular formula is C34H34F2N8O13P2S. The Morgan fingerprint density at radius 3 is 2.37 bits per heavy atom. The summed E-state index contributed by atoms with van der Waals surface area (Å²) in [7, 11) is -5.26. The molecule has 3 aromatic heterocycles. The lowest BCUT2D eigenvalue weighted by molar-refractivity contribution is -0.0635. The fourth-order valence-corrected chi connectivity index (χ4v) is 10.9. The number of amides is 1. The number of hydrogen-bond acceptors (Lipinski definition) is 17. The van der Waals surface area contributed by atoms with Gasteiger partial charge >= 0.3 is 20.3 Å². The lowest BCUT2D eigenvalue weighted by Crippen LogP contribution is -2.37. The number of alkyl halides is 2. The molecule has 318 valence electrons. The zero-order valence-corrected chi connectivity index (χ0v) is 33.2.